The summed E-state index contributed by atoms with van der Waals surface area (Å²) in [6.45, 7) is 0.374. The molecule has 5 nitrogen and oxygen atoms in total. The lowest BCUT2D eigenvalue weighted by atomic mass is 10.1. The molecular weight excluding hydrogens is 332 g/mol. The molecule has 3 aromatic rings. The van der Waals surface area contributed by atoms with E-state index < -0.39 is 0 Å². The van der Waals surface area contributed by atoms with Crippen LogP contribution in [0.25, 0.3) is 11.3 Å². The third-order valence-corrected chi connectivity index (χ3v) is 4.90. The van der Waals surface area contributed by atoms with Gasteiger partial charge in [0.2, 0.25) is 5.91 Å². The Kier molecular flexibility index (Phi) is 4.59. The van der Waals surface area contributed by atoms with Crippen LogP contribution in [0, 0.1) is 0 Å². The summed E-state index contributed by atoms with van der Waals surface area (Å²) in [5.74, 6) is -0.377. The third-order valence-electron chi connectivity index (χ3n) is 3.17. The number of benzene rings is 1. The molecule has 118 valence electrons. The number of carbonyl (C=O) groups is 1. The molecule has 0 saturated carbocycles. The zero-order valence-corrected chi connectivity index (χ0v) is 13.7. The Morgan fingerprint density at radius 2 is 2.04 bits per heavy atom. The minimum absolute atomic E-state index is 0.0357. The lowest BCUT2D eigenvalue weighted by Crippen LogP contribution is -2.24. The van der Waals surface area contributed by atoms with E-state index in [0.717, 1.165) is 9.88 Å². The largest absolute Gasteiger partial charge is 0.504 e. The topological polar surface area (TPSA) is 82.5 Å². The maximum Gasteiger partial charge on any atom is 0.225 e. The number of carbonyl (C=O) groups excluding carboxylic acids is 1. The molecule has 23 heavy (non-hydrogen) atoms. The van der Waals surface area contributed by atoms with Gasteiger partial charge in [0.15, 0.2) is 11.5 Å². The van der Waals surface area contributed by atoms with Gasteiger partial charge in [-0.3, -0.25) is 4.79 Å². The Balaban J connectivity index is 1.61. The first kappa shape index (κ1) is 15.5. The van der Waals surface area contributed by atoms with Gasteiger partial charge in [0.05, 0.1) is 18.7 Å². The van der Waals surface area contributed by atoms with Crippen LogP contribution in [0.15, 0.2) is 41.1 Å². The van der Waals surface area contributed by atoms with Gasteiger partial charge in [-0.25, -0.2) is 4.98 Å². The number of nitrogens with zero attached hydrogens (tertiary/aromatic N) is 1. The highest BCUT2D eigenvalue weighted by Crippen LogP contribution is 2.30. The number of hydrogen-bond donors (Lipinski definition) is 3. The van der Waals surface area contributed by atoms with Crippen LogP contribution < -0.4 is 5.32 Å². The van der Waals surface area contributed by atoms with Crippen molar-refractivity contribution in [1.82, 2.24) is 10.3 Å². The number of phenolic OH excluding ortho intramolecular Hbond substituents is 2. The molecule has 0 aliphatic rings. The fourth-order valence-electron chi connectivity index (χ4n) is 2.02. The number of aromatic nitrogens is 1. The summed E-state index contributed by atoms with van der Waals surface area (Å²) < 4.78 is 0. The molecule has 1 amide bonds. The zero-order chi connectivity index (χ0) is 16.2. The highest BCUT2D eigenvalue weighted by Gasteiger charge is 2.09. The first-order valence-corrected chi connectivity index (χ1v) is 8.63. The number of thiazole rings is 1. The van der Waals surface area contributed by atoms with Crippen LogP contribution in [0.4, 0.5) is 0 Å². The Hall–Kier alpha value is -2.38. The fourth-order valence-corrected chi connectivity index (χ4v) is 3.46. The van der Waals surface area contributed by atoms with E-state index in [1.165, 1.54) is 23.5 Å². The number of amides is 1. The number of nitrogens with one attached hydrogen (secondary N) is 1. The molecule has 2 aromatic heterocycles. The molecular formula is C16H14N2O3S2. The van der Waals surface area contributed by atoms with Crippen molar-refractivity contribution in [2.24, 2.45) is 0 Å². The van der Waals surface area contributed by atoms with Crippen LogP contribution in [0.1, 0.15) is 9.88 Å². The Morgan fingerprint density at radius 1 is 1.17 bits per heavy atom. The van der Waals surface area contributed by atoms with E-state index in [1.807, 2.05) is 22.9 Å². The van der Waals surface area contributed by atoms with Gasteiger partial charge < -0.3 is 15.5 Å². The SMILES string of the molecule is O=C(Cc1cccs1)NCc1nc(-c2ccc(O)c(O)c2)cs1. The van der Waals surface area contributed by atoms with Crippen molar-refractivity contribution in [3.63, 3.8) is 0 Å². The second-order valence-electron chi connectivity index (χ2n) is 4.86. The van der Waals surface area contributed by atoms with Crippen molar-refractivity contribution in [3.8, 4) is 22.8 Å². The van der Waals surface area contributed by atoms with Crippen LogP contribution in [0.3, 0.4) is 0 Å². The highest BCUT2D eigenvalue weighted by molar-refractivity contribution is 7.10. The summed E-state index contributed by atoms with van der Waals surface area (Å²) in [6.07, 6.45) is 0.377. The molecule has 0 unspecified atom stereocenters. The number of thiophene rings is 1. The van der Waals surface area contributed by atoms with Gasteiger partial charge in [-0.2, -0.15) is 0 Å². The normalized spacial score (nSPS) is 10.6. The van der Waals surface area contributed by atoms with Crippen molar-refractivity contribution >= 4 is 28.6 Å². The maximum absolute atomic E-state index is 11.9. The average molecular weight is 346 g/mol. The second-order valence-corrected chi connectivity index (χ2v) is 6.84. The predicted molar refractivity (Wildman–Crippen MR) is 90.7 cm³/mol. The van der Waals surface area contributed by atoms with Gasteiger partial charge in [-0.15, -0.1) is 22.7 Å². The lowest BCUT2D eigenvalue weighted by molar-refractivity contribution is -0.120. The standard InChI is InChI=1S/C16H14N2O3S2/c19-13-4-3-10(6-14(13)20)12-9-23-16(18-12)8-17-15(21)7-11-2-1-5-22-11/h1-6,9,19-20H,7-8H2,(H,17,21). The Morgan fingerprint density at radius 3 is 2.78 bits per heavy atom. The number of hydrogen-bond acceptors (Lipinski definition) is 6. The minimum Gasteiger partial charge on any atom is -0.504 e. The minimum atomic E-state index is -0.179. The second kappa shape index (κ2) is 6.80. The van der Waals surface area contributed by atoms with Crippen LogP contribution >= 0.6 is 22.7 Å². The summed E-state index contributed by atoms with van der Waals surface area (Å²) in [7, 11) is 0. The van der Waals surface area contributed by atoms with Crippen molar-refractivity contribution in [3.05, 3.63) is 51.0 Å². The molecule has 3 N–H and O–H groups in total. The maximum atomic E-state index is 11.9. The molecule has 0 bridgehead atoms. The summed E-state index contributed by atoms with van der Waals surface area (Å²) in [4.78, 5) is 17.3. The first-order valence-electron chi connectivity index (χ1n) is 6.87. The summed E-state index contributed by atoms with van der Waals surface area (Å²) in [6, 6.07) is 8.43. The monoisotopic (exact) mass is 346 g/mol. The first-order chi connectivity index (χ1) is 11.1. The molecule has 7 heteroatoms. The van der Waals surface area contributed by atoms with E-state index in [0.29, 0.717) is 24.2 Å². The zero-order valence-electron chi connectivity index (χ0n) is 12.0. The van der Waals surface area contributed by atoms with E-state index in [-0.39, 0.29) is 17.4 Å². The average Bonchev–Trinajstić information content (AvgIpc) is 3.19. The van der Waals surface area contributed by atoms with E-state index in [2.05, 4.69) is 10.3 Å². The molecule has 0 spiro atoms. The van der Waals surface area contributed by atoms with Crippen LogP contribution in [-0.2, 0) is 17.8 Å². The van der Waals surface area contributed by atoms with E-state index >= 15 is 0 Å². The van der Waals surface area contributed by atoms with E-state index in [1.54, 1.807) is 17.4 Å². The quantitative estimate of drug-likeness (QED) is 0.620. The van der Waals surface area contributed by atoms with Gasteiger partial charge in [-0.1, -0.05) is 6.07 Å². The number of phenols is 2. The van der Waals surface area contributed by atoms with E-state index in [9.17, 15) is 15.0 Å². The molecule has 0 aliphatic carbocycles. The Labute approximate surface area is 140 Å². The van der Waals surface area contributed by atoms with Gasteiger partial charge in [0.25, 0.3) is 0 Å². The van der Waals surface area contributed by atoms with Gasteiger partial charge in [0.1, 0.15) is 5.01 Å². The van der Waals surface area contributed by atoms with Crippen LogP contribution in [0.2, 0.25) is 0 Å². The lowest BCUT2D eigenvalue weighted by Gasteiger charge is -2.02. The predicted octanol–water partition coefficient (Wildman–Crippen LogP) is 3.14. The van der Waals surface area contributed by atoms with Gasteiger partial charge in [-0.05, 0) is 29.6 Å². The summed E-state index contributed by atoms with van der Waals surface area (Å²) in [5.41, 5.74) is 1.42. The molecule has 0 saturated heterocycles. The van der Waals surface area contributed by atoms with Crippen molar-refractivity contribution in [2.45, 2.75) is 13.0 Å². The molecule has 0 fully saturated rings. The Bertz CT molecular complexity index is 813. The van der Waals surface area contributed by atoms with Crippen molar-refractivity contribution in [1.29, 1.82) is 0 Å². The molecule has 0 atom stereocenters. The van der Waals surface area contributed by atoms with E-state index in [4.69, 9.17) is 0 Å². The molecule has 2 heterocycles. The number of rotatable bonds is 5. The third kappa shape index (κ3) is 3.88. The molecule has 1 aromatic carbocycles. The highest BCUT2D eigenvalue weighted by atomic mass is 32.1. The molecule has 3 rings (SSSR count). The van der Waals surface area contributed by atoms with Gasteiger partial charge >= 0.3 is 0 Å². The summed E-state index contributed by atoms with van der Waals surface area (Å²) in [5, 5.41) is 26.3. The smallest absolute Gasteiger partial charge is 0.225 e. The van der Waals surface area contributed by atoms with Crippen LogP contribution in [0.5, 0.6) is 11.5 Å². The molecule has 0 aliphatic heterocycles. The molecule has 0 radical (unpaired) electrons. The van der Waals surface area contributed by atoms with Crippen molar-refractivity contribution < 1.29 is 15.0 Å². The van der Waals surface area contributed by atoms with Crippen molar-refractivity contribution in [2.75, 3.05) is 0 Å². The number of aromatic hydroxyl groups is 2. The van der Waals surface area contributed by atoms with Crippen LogP contribution in [-0.4, -0.2) is 21.1 Å². The van der Waals surface area contributed by atoms with Gasteiger partial charge in [0, 0.05) is 15.8 Å². The fraction of sp³-hybridized carbons (Fsp3) is 0.125. The summed E-state index contributed by atoms with van der Waals surface area (Å²) >= 11 is 3.00.